The molecule has 0 fully saturated rings. The molecule has 0 aliphatic heterocycles. The van der Waals surface area contributed by atoms with Crippen LogP contribution in [0.3, 0.4) is 0 Å². The Morgan fingerprint density at radius 1 is 0.893 bits per heavy atom. The Kier molecular flexibility index (Phi) is 4.27. The van der Waals surface area contributed by atoms with Gasteiger partial charge in [-0.25, -0.2) is 16.8 Å². The zero-order chi connectivity index (χ0) is 20.1. The van der Waals surface area contributed by atoms with E-state index in [-0.39, 0.29) is 11.3 Å². The average molecular weight is 420 g/mol. The highest BCUT2D eigenvalue weighted by molar-refractivity contribution is 8.08. The van der Waals surface area contributed by atoms with Gasteiger partial charge in [0.25, 0.3) is 0 Å². The monoisotopic (exact) mass is 420 g/mol. The lowest BCUT2D eigenvalue weighted by Gasteiger charge is -2.20. The second-order valence-electron chi connectivity index (χ2n) is 6.54. The van der Waals surface area contributed by atoms with Crippen LogP contribution in [0.2, 0.25) is 0 Å². The third-order valence-corrected chi connectivity index (χ3v) is 9.60. The number of fused-ring (bicyclic) bond motifs is 2. The van der Waals surface area contributed by atoms with Crippen LogP contribution in [0.5, 0.6) is 0 Å². The van der Waals surface area contributed by atoms with Crippen LogP contribution in [-0.2, 0) is 19.7 Å². The fourth-order valence-corrected chi connectivity index (χ4v) is 7.84. The predicted octanol–water partition coefficient (Wildman–Crippen LogP) is 3.19. The summed E-state index contributed by atoms with van der Waals surface area (Å²) in [5.41, 5.74) is 1.00. The fraction of sp³-hybridized carbons (Fsp3) is 0.222. The molecule has 0 aliphatic carbocycles. The number of sulfone groups is 2. The zero-order valence-electron chi connectivity index (χ0n) is 14.9. The minimum atomic E-state index is -4.28. The number of benzene rings is 2. The highest BCUT2D eigenvalue weighted by atomic mass is 32.3. The molecule has 0 amide bonds. The summed E-state index contributed by atoms with van der Waals surface area (Å²) in [5.74, 6) is 0. The lowest BCUT2D eigenvalue weighted by molar-refractivity contribution is 0.444. The first kappa shape index (κ1) is 18.6. The van der Waals surface area contributed by atoms with E-state index in [9.17, 15) is 16.8 Å². The summed E-state index contributed by atoms with van der Waals surface area (Å²) < 4.78 is 60.6. The molecule has 146 valence electrons. The Morgan fingerprint density at radius 3 is 2.32 bits per heavy atom. The van der Waals surface area contributed by atoms with Gasteiger partial charge < -0.3 is 9.05 Å². The van der Waals surface area contributed by atoms with Gasteiger partial charge in [0.1, 0.15) is 10.9 Å². The molecule has 2 unspecified atom stereocenters. The van der Waals surface area contributed by atoms with Crippen molar-refractivity contribution in [3.05, 3.63) is 59.9 Å². The van der Waals surface area contributed by atoms with Crippen molar-refractivity contribution >= 4 is 41.6 Å². The lowest BCUT2D eigenvalue weighted by Crippen LogP contribution is -2.26. The SMILES string of the molecule is CC(c1noc2ccccc12)S(=O)(=O)C(c1cccc2oncc12)S(C)(=O)=O. The van der Waals surface area contributed by atoms with Crippen molar-refractivity contribution in [3.63, 3.8) is 0 Å². The van der Waals surface area contributed by atoms with Crippen molar-refractivity contribution in [1.82, 2.24) is 10.3 Å². The second kappa shape index (κ2) is 6.42. The Balaban J connectivity index is 1.92. The van der Waals surface area contributed by atoms with E-state index < -0.39 is 29.5 Å². The molecule has 0 N–H and O–H groups in total. The van der Waals surface area contributed by atoms with E-state index in [1.165, 1.54) is 25.3 Å². The third-order valence-electron chi connectivity index (χ3n) is 4.66. The van der Waals surface area contributed by atoms with Crippen LogP contribution in [0.4, 0.5) is 0 Å². The topological polar surface area (TPSA) is 120 Å². The van der Waals surface area contributed by atoms with Gasteiger partial charge in [0.05, 0.1) is 6.20 Å². The molecule has 0 aliphatic rings. The van der Waals surface area contributed by atoms with Crippen LogP contribution in [0, 0.1) is 0 Å². The maximum atomic E-state index is 13.5. The van der Waals surface area contributed by atoms with E-state index in [1.54, 1.807) is 30.3 Å². The summed E-state index contributed by atoms with van der Waals surface area (Å²) in [7, 11) is -8.33. The van der Waals surface area contributed by atoms with Crippen LogP contribution >= 0.6 is 0 Å². The number of hydrogen-bond donors (Lipinski definition) is 0. The molecule has 0 spiro atoms. The van der Waals surface area contributed by atoms with E-state index in [0.717, 1.165) is 6.26 Å². The number of nitrogens with zero attached hydrogens (tertiary/aromatic N) is 2. The Hall–Kier alpha value is -2.72. The predicted molar refractivity (Wildman–Crippen MR) is 103 cm³/mol. The largest absolute Gasteiger partial charge is 0.356 e. The van der Waals surface area contributed by atoms with Crippen molar-refractivity contribution in [1.29, 1.82) is 0 Å². The molecule has 8 nitrogen and oxygen atoms in total. The van der Waals surface area contributed by atoms with Crippen LogP contribution in [0.25, 0.3) is 21.9 Å². The van der Waals surface area contributed by atoms with E-state index in [0.29, 0.717) is 21.9 Å². The van der Waals surface area contributed by atoms with Gasteiger partial charge in [-0.3, -0.25) is 0 Å². The Labute approximate surface area is 160 Å². The summed E-state index contributed by atoms with van der Waals surface area (Å²) in [5, 5.41) is 7.18. The van der Waals surface area contributed by atoms with Gasteiger partial charge in [0.2, 0.25) is 0 Å². The zero-order valence-corrected chi connectivity index (χ0v) is 16.6. The average Bonchev–Trinajstić information content (AvgIpc) is 3.27. The first-order valence-electron chi connectivity index (χ1n) is 8.30. The van der Waals surface area contributed by atoms with E-state index >= 15 is 0 Å². The molecule has 0 saturated carbocycles. The van der Waals surface area contributed by atoms with Crippen molar-refractivity contribution in [2.24, 2.45) is 0 Å². The van der Waals surface area contributed by atoms with Gasteiger partial charge in [0.15, 0.2) is 35.4 Å². The molecule has 28 heavy (non-hydrogen) atoms. The molecule has 2 heterocycles. The smallest absolute Gasteiger partial charge is 0.188 e. The van der Waals surface area contributed by atoms with Crippen molar-refractivity contribution in [2.75, 3.05) is 6.26 Å². The van der Waals surface area contributed by atoms with Crippen LogP contribution in [0.1, 0.15) is 28.0 Å². The minimum Gasteiger partial charge on any atom is -0.356 e. The van der Waals surface area contributed by atoms with Gasteiger partial charge in [-0.1, -0.05) is 34.6 Å². The standard InChI is InChI=1S/C18H16N2O6S2/c1-11(17-13-6-3-4-8-15(13)26-20-17)28(23,24)18(27(2,21)22)12-7-5-9-16-14(12)10-19-25-16/h3-11,18H,1-2H3. The van der Waals surface area contributed by atoms with Crippen molar-refractivity contribution in [3.8, 4) is 0 Å². The number of para-hydroxylation sites is 1. The molecule has 0 radical (unpaired) electrons. The van der Waals surface area contributed by atoms with Crippen LogP contribution < -0.4 is 0 Å². The van der Waals surface area contributed by atoms with E-state index in [4.69, 9.17) is 9.05 Å². The Bertz CT molecular complexity index is 1390. The molecular weight excluding hydrogens is 404 g/mol. The molecule has 2 atom stereocenters. The Morgan fingerprint density at radius 2 is 1.57 bits per heavy atom. The highest BCUT2D eigenvalue weighted by Gasteiger charge is 2.43. The second-order valence-corrected chi connectivity index (χ2v) is 11.3. The van der Waals surface area contributed by atoms with Gasteiger partial charge >= 0.3 is 0 Å². The quantitative estimate of drug-likeness (QED) is 0.483. The summed E-state index contributed by atoms with van der Waals surface area (Å²) >= 11 is 0. The van der Waals surface area contributed by atoms with Gasteiger partial charge in [-0.15, -0.1) is 0 Å². The van der Waals surface area contributed by atoms with Gasteiger partial charge in [-0.05, 0) is 30.7 Å². The fourth-order valence-electron chi connectivity index (χ4n) is 3.31. The van der Waals surface area contributed by atoms with Gasteiger partial charge in [0, 0.05) is 17.0 Å². The number of hydrogen-bond acceptors (Lipinski definition) is 8. The molecule has 0 bridgehead atoms. The maximum absolute atomic E-state index is 13.5. The van der Waals surface area contributed by atoms with Crippen molar-refractivity contribution in [2.45, 2.75) is 16.8 Å². The summed E-state index contributed by atoms with van der Waals surface area (Å²) in [6.07, 6.45) is 2.21. The van der Waals surface area contributed by atoms with Gasteiger partial charge in [-0.2, -0.15) is 0 Å². The highest BCUT2D eigenvalue weighted by Crippen LogP contribution is 2.41. The molecule has 0 saturated heterocycles. The molecule has 4 rings (SSSR count). The maximum Gasteiger partial charge on any atom is 0.188 e. The van der Waals surface area contributed by atoms with Crippen LogP contribution in [-0.4, -0.2) is 33.4 Å². The summed E-state index contributed by atoms with van der Waals surface area (Å²) in [4.78, 5) is 0. The molecule has 10 heteroatoms. The van der Waals surface area contributed by atoms with Crippen LogP contribution in [0.15, 0.2) is 57.7 Å². The number of rotatable bonds is 5. The lowest BCUT2D eigenvalue weighted by atomic mass is 10.1. The molecule has 2 aromatic heterocycles. The summed E-state index contributed by atoms with van der Waals surface area (Å²) in [6.45, 7) is 1.41. The van der Waals surface area contributed by atoms with Crippen molar-refractivity contribution < 1.29 is 25.9 Å². The van der Waals surface area contributed by atoms with E-state index in [1.807, 2.05) is 0 Å². The molecule has 4 aromatic rings. The number of aromatic nitrogens is 2. The normalized spacial score (nSPS) is 15.1. The summed E-state index contributed by atoms with van der Waals surface area (Å²) in [6, 6.07) is 11.4. The molecular formula is C18H16N2O6S2. The first-order valence-corrected chi connectivity index (χ1v) is 11.9. The minimum absolute atomic E-state index is 0.0981. The van der Waals surface area contributed by atoms with E-state index in [2.05, 4.69) is 10.3 Å². The third kappa shape index (κ3) is 2.89. The first-order chi connectivity index (χ1) is 13.2. The molecule has 2 aromatic carbocycles.